The summed E-state index contributed by atoms with van der Waals surface area (Å²) < 4.78 is 11.9. The number of anilines is 1. The lowest BCUT2D eigenvalue weighted by Gasteiger charge is -2.29. The van der Waals surface area contributed by atoms with Gasteiger partial charge in [0.15, 0.2) is 0 Å². The summed E-state index contributed by atoms with van der Waals surface area (Å²) in [5.74, 6) is 1.38. The van der Waals surface area contributed by atoms with Crippen molar-refractivity contribution in [2.45, 2.75) is 43.9 Å². The fourth-order valence-electron chi connectivity index (χ4n) is 2.55. The molecule has 1 aromatic heterocycles. The van der Waals surface area contributed by atoms with E-state index in [-0.39, 0.29) is 11.3 Å². The normalized spacial score (nSPS) is 24.4. The smallest absolute Gasteiger partial charge is 0.144 e. The first-order valence-corrected chi connectivity index (χ1v) is 8.11. The molecular formula is C14H19N3OS. The average molecular weight is 277 g/mol. The number of pyridine rings is 1. The molecule has 0 amide bonds. The van der Waals surface area contributed by atoms with Crippen molar-refractivity contribution in [1.82, 2.24) is 4.98 Å². The van der Waals surface area contributed by atoms with Crippen molar-refractivity contribution >= 4 is 16.6 Å². The third-order valence-electron chi connectivity index (χ3n) is 3.55. The molecule has 1 aromatic rings. The Morgan fingerprint density at radius 3 is 3.16 bits per heavy atom. The highest BCUT2D eigenvalue weighted by Crippen LogP contribution is 2.25. The second-order valence-electron chi connectivity index (χ2n) is 4.81. The van der Waals surface area contributed by atoms with E-state index in [9.17, 15) is 4.21 Å². The van der Waals surface area contributed by atoms with E-state index in [1.165, 1.54) is 0 Å². The van der Waals surface area contributed by atoms with Crippen LogP contribution in [0.25, 0.3) is 0 Å². The van der Waals surface area contributed by atoms with E-state index < -0.39 is 10.8 Å². The maximum Gasteiger partial charge on any atom is 0.144 e. The maximum absolute atomic E-state index is 11.9. The first kappa shape index (κ1) is 14.0. The lowest BCUT2D eigenvalue weighted by molar-refractivity contribution is 0.464. The van der Waals surface area contributed by atoms with Crippen LogP contribution in [0.4, 0.5) is 5.82 Å². The Balaban J connectivity index is 2.03. The molecule has 1 aliphatic rings. The van der Waals surface area contributed by atoms with Crippen LogP contribution in [0.5, 0.6) is 0 Å². The Bertz CT molecular complexity index is 498. The van der Waals surface area contributed by atoms with Crippen LogP contribution in [-0.4, -0.2) is 26.2 Å². The van der Waals surface area contributed by atoms with Gasteiger partial charge in [0.2, 0.25) is 0 Å². The Morgan fingerprint density at radius 2 is 2.42 bits per heavy atom. The molecule has 0 radical (unpaired) electrons. The van der Waals surface area contributed by atoms with E-state index in [2.05, 4.69) is 16.4 Å². The molecular weight excluding hydrogens is 258 g/mol. The van der Waals surface area contributed by atoms with Gasteiger partial charge in [0.05, 0.1) is 5.56 Å². The zero-order valence-corrected chi connectivity index (χ0v) is 11.9. The first-order valence-electron chi connectivity index (χ1n) is 6.73. The summed E-state index contributed by atoms with van der Waals surface area (Å²) >= 11 is 0. The maximum atomic E-state index is 11.9. The number of nitrogens with zero attached hydrogens (tertiary/aromatic N) is 2. The SMILES string of the molecule is CCS(=O)C1CCCC(Nc2ncccc2C#N)C1. The highest BCUT2D eigenvalue weighted by molar-refractivity contribution is 7.85. The molecule has 1 saturated carbocycles. The second kappa shape index (κ2) is 6.67. The third-order valence-corrected chi connectivity index (χ3v) is 5.29. The zero-order chi connectivity index (χ0) is 13.7. The van der Waals surface area contributed by atoms with Crippen LogP contribution in [-0.2, 0) is 10.8 Å². The van der Waals surface area contributed by atoms with Crippen LogP contribution in [0.2, 0.25) is 0 Å². The molecule has 0 bridgehead atoms. The second-order valence-corrected chi connectivity index (χ2v) is 6.82. The van der Waals surface area contributed by atoms with Gasteiger partial charge in [-0.05, 0) is 31.4 Å². The Hall–Kier alpha value is -1.41. The Labute approximate surface area is 116 Å². The minimum absolute atomic E-state index is 0.274. The highest BCUT2D eigenvalue weighted by atomic mass is 32.2. The summed E-state index contributed by atoms with van der Waals surface area (Å²) in [5.41, 5.74) is 0.571. The summed E-state index contributed by atoms with van der Waals surface area (Å²) in [6.07, 6.45) is 5.78. The number of hydrogen-bond donors (Lipinski definition) is 1. The van der Waals surface area contributed by atoms with Crippen molar-refractivity contribution in [2.24, 2.45) is 0 Å². The van der Waals surface area contributed by atoms with Crippen molar-refractivity contribution < 1.29 is 4.21 Å². The molecule has 0 saturated heterocycles. The van der Waals surface area contributed by atoms with Crippen molar-refractivity contribution in [1.29, 1.82) is 5.26 Å². The lowest BCUT2D eigenvalue weighted by atomic mass is 9.95. The number of nitrogens with one attached hydrogen (secondary N) is 1. The predicted octanol–water partition coefficient (Wildman–Crippen LogP) is 2.44. The molecule has 19 heavy (non-hydrogen) atoms. The lowest BCUT2D eigenvalue weighted by Crippen LogP contribution is -2.33. The average Bonchev–Trinajstić information content (AvgIpc) is 2.47. The molecule has 3 atom stereocenters. The van der Waals surface area contributed by atoms with Crippen LogP contribution >= 0.6 is 0 Å². The minimum atomic E-state index is -0.725. The standard InChI is InChI=1S/C14H19N3OS/c1-2-19(18)13-7-3-6-12(9-13)17-14-11(10-15)5-4-8-16-14/h4-5,8,12-13H,2-3,6-7,9H2,1H3,(H,16,17). The van der Waals surface area contributed by atoms with Gasteiger partial charge in [-0.3, -0.25) is 4.21 Å². The Morgan fingerprint density at radius 1 is 1.58 bits per heavy atom. The van der Waals surface area contributed by atoms with Gasteiger partial charge in [0.1, 0.15) is 11.9 Å². The van der Waals surface area contributed by atoms with Gasteiger partial charge >= 0.3 is 0 Å². The van der Waals surface area contributed by atoms with Crippen LogP contribution in [0.3, 0.4) is 0 Å². The van der Waals surface area contributed by atoms with Gasteiger partial charge in [-0.1, -0.05) is 13.3 Å². The molecule has 0 spiro atoms. The molecule has 0 aromatic carbocycles. The van der Waals surface area contributed by atoms with Gasteiger partial charge in [-0.15, -0.1) is 0 Å². The molecule has 1 fully saturated rings. The molecule has 5 heteroatoms. The summed E-state index contributed by atoms with van der Waals surface area (Å²) in [7, 11) is -0.725. The topological polar surface area (TPSA) is 65.8 Å². The van der Waals surface area contributed by atoms with Gasteiger partial charge < -0.3 is 5.32 Å². The number of rotatable bonds is 4. The van der Waals surface area contributed by atoms with E-state index in [1.807, 2.05) is 6.92 Å². The van der Waals surface area contributed by atoms with Gasteiger partial charge in [-0.2, -0.15) is 5.26 Å². The predicted molar refractivity (Wildman–Crippen MR) is 77.3 cm³/mol. The molecule has 102 valence electrons. The summed E-state index contributed by atoms with van der Waals surface area (Å²) in [6.45, 7) is 1.97. The van der Waals surface area contributed by atoms with Crippen LogP contribution < -0.4 is 5.32 Å². The number of hydrogen-bond acceptors (Lipinski definition) is 4. The van der Waals surface area contributed by atoms with Crippen LogP contribution in [0.1, 0.15) is 38.2 Å². The fourth-order valence-corrected chi connectivity index (χ4v) is 3.90. The molecule has 3 unspecified atom stereocenters. The van der Waals surface area contributed by atoms with Gasteiger partial charge in [-0.25, -0.2) is 4.98 Å². The van der Waals surface area contributed by atoms with Crippen molar-refractivity contribution in [3.05, 3.63) is 23.9 Å². The zero-order valence-electron chi connectivity index (χ0n) is 11.1. The van der Waals surface area contributed by atoms with Crippen LogP contribution in [0.15, 0.2) is 18.3 Å². The number of aromatic nitrogens is 1. The van der Waals surface area contributed by atoms with E-state index in [1.54, 1.807) is 18.3 Å². The summed E-state index contributed by atoms with van der Waals surface area (Å²) in [4.78, 5) is 4.22. The van der Waals surface area contributed by atoms with Gasteiger partial charge in [0, 0.05) is 34.0 Å². The Kier molecular flexibility index (Phi) is 4.92. The number of nitriles is 1. The van der Waals surface area contributed by atoms with Crippen molar-refractivity contribution in [3.8, 4) is 6.07 Å². The fraction of sp³-hybridized carbons (Fsp3) is 0.571. The monoisotopic (exact) mass is 277 g/mol. The molecule has 1 heterocycles. The van der Waals surface area contributed by atoms with Crippen LogP contribution in [0, 0.1) is 11.3 Å². The van der Waals surface area contributed by atoms with Crippen molar-refractivity contribution in [2.75, 3.05) is 11.1 Å². The molecule has 4 nitrogen and oxygen atoms in total. The summed E-state index contributed by atoms with van der Waals surface area (Å²) in [5, 5.41) is 12.7. The highest BCUT2D eigenvalue weighted by Gasteiger charge is 2.26. The van der Waals surface area contributed by atoms with E-state index in [0.29, 0.717) is 11.4 Å². The van der Waals surface area contributed by atoms with E-state index in [0.717, 1.165) is 31.4 Å². The summed E-state index contributed by atoms with van der Waals surface area (Å²) in [6, 6.07) is 5.95. The molecule has 1 N–H and O–H groups in total. The van der Waals surface area contributed by atoms with E-state index >= 15 is 0 Å². The first-order chi connectivity index (χ1) is 9.24. The largest absolute Gasteiger partial charge is 0.366 e. The van der Waals surface area contributed by atoms with Gasteiger partial charge in [0.25, 0.3) is 0 Å². The molecule has 0 aliphatic heterocycles. The minimum Gasteiger partial charge on any atom is -0.366 e. The third kappa shape index (κ3) is 3.54. The van der Waals surface area contributed by atoms with Crippen molar-refractivity contribution in [3.63, 3.8) is 0 Å². The quantitative estimate of drug-likeness (QED) is 0.918. The van der Waals surface area contributed by atoms with E-state index in [4.69, 9.17) is 5.26 Å². The molecule has 2 rings (SSSR count). The molecule has 1 aliphatic carbocycles.